The minimum atomic E-state index is -3.16. The average molecular weight is 357 g/mol. The number of sulfone groups is 1. The number of nitrogens with zero attached hydrogens (tertiary/aromatic N) is 1. The van der Waals surface area contributed by atoms with Crippen LogP contribution in [0.1, 0.15) is 18.4 Å². The Hall–Kier alpha value is -1.85. The standard InChI is InChI=1S/C20H23NO3S/c1-25(22,23)19-8-6-15(7-9-19)16-4-5-17-12-18(14-24-20(17)13-16)21-10-2-3-11-21/h4-9,13,18H,2-3,10-12,14H2,1H3. The second-order valence-corrected chi connectivity index (χ2v) is 9.05. The molecule has 1 atom stereocenters. The van der Waals surface area contributed by atoms with Crippen molar-refractivity contribution < 1.29 is 13.2 Å². The summed E-state index contributed by atoms with van der Waals surface area (Å²) in [6.45, 7) is 3.13. The number of benzene rings is 2. The fourth-order valence-electron chi connectivity index (χ4n) is 3.77. The Kier molecular flexibility index (Phi) is 4.29. The van der Waals surface area contributed by atoms with E-state index < -0.39 is 9.84 Å². The second kappa shape index (κ2) is 6.46. The van der Waals surface area contributed by atoms with Gasteiger partial charge >= 0.3 is 0 Å². The molecule has 0 amide bonds. The largest absolute Gasteiger partial charge is 0.492 e. The molecule has 1 saturated heterocycles. The Bertz CT molecular complexity index is 868. The van der Waals surface area contributed by atoms with Crippen LogP contribution in [0.15, 0.2) is 47.4 Å². The van der Waals surface area contributed by atoms with Crippen LogP contribution in [0.5, 0.6) is 5.75 Å². The lowest BCUT2D eigenvalue weighted by Crippen LogP contribution is -2.41. The van der Waals surface area contributed by atoms with Crippen molar-refractivity contribution in [2.75, 3.05) is 26.0 Å². The molecule has 25 heavy (non-hydrogen) atoms. The molecule has 1 fully saturated rings. The molecular weight excluding hydrogens is 334 g/mol. The van der Waals surface area contributed by atoms with E-state index in [1.54, 1.807) is 12.1 Å². The Balaban J connectivity index is 1.56. The van der Waals surface area contributed by atoms with E-state index in [9.17, 15) is 8.42 Å². The first-order valence-electron chi connectivity index (χ1n) is 8.81. The van der Waals surface area contributed by atoms with Gasteiger partial charge in [0.25, 0.3) is 0 Å². The summed E-state index contributed by atoms with van der Waals surface area (Å²) in [5.74, 6) is 0.958. The van der Waals surface area contributed by atoms with E-state index in [4.69, 9.17) is 4.74 Å². The van der Waals surface area contributed by atoms with Gasteiger partial charge in [0, 0.05) is 12.3 Å². The van der Waals surface area contributed by atoms with Gasteiger partial charge in [-0.25, -0.2) is 8.42 Å². The van der Waals surface area contributed by atoms with Gasteiger partial charge in [0.2, 0.25) is 0 Å². The van der Waals surface area contributed by atoms with E-state index in [0.717, 1.165) is 29.9 Å². The van der Waals surface area contributed by atoms with Crippen LogP contribution in [0.2, 0.25) is 0 Å². The highest BCUT2D eigenvalue weighted by Crippen LogP contribution is 2.32. The fourth-order valence-corrected chi connectivity index (χ4v) is 4.40. The number of hydrogen-bond donors (Lipinski definition) is 0. The summed E-state index contributed by atoms with van der Waals surface area (Å²) in [6.07, 6.45) is 4.87. The predicted octanol–water partition coefficient (Wildman–Crippen LogP) is 3.16. The lowest BCUT2D eigenvalue weighted by molar-refractivity contribution is 0.142. The summed E-state index contributed by atoms with van der Waals surface area (Å²) in [5, 5.41) is 0. The highest BCUT2D eigenvalue weighted by molar-refractivity contribution is 7.90. The molecule has 2 heterocycles. The van der Waals surface area contributed by atoms with Gasteiger partial charge in [-0.2, -0.15) is 0 Å². The van der Waals surface area contributed by atoms with E-state index in [1.807, 2.05) is 12.1 Å². The van der Waals surface area contributed by atoms with Crippen LogP contribution in [0.25, 0.3) is 11.1 Å². The smallest absolute Gasteiger partial charge is 0.175 e. The number of ether oxygens (including phenoxy) is 1. The lowest BCUT2D eigenvalue weighted by atomic mass is 9.97. The first-order valence-corrected chi connectivity index (χ1v) is 10.7. The Morgan fingerprint density at radius 3 is 2.36 bits per heavy atom. The molecule has 4 rings (SSSR count). The Labute approximate surface area is 149 Å². The van der Waals surface area contributed by atoms with Gasteiger partial charge in [-0.15, -0.1) is 0 Å². The molecule has 4 nitrogen and oxygen atoms in total. The normalized spacial score (nSPS) is 20.9. The van der Waals surface area contributed by atoms with Crippen molar-refractivity contribution in [3.8, 4) is 16.9 Å². The van der Waals surface area contributed by atoms with E-state index >= 15 is 0 Å². The van der Waals surface area contributed by atoms with E-state index in [0.29, 0.717) is 10.9 Å². The molecule has 0 radical (unpaired) electrons. The van der Waals surface area contributed by atoms with Gasteiger partial charge in [-0.3, -0.25) is 4.90 Å². The van der Waals surface area contributed by atoms with Crippen LogP contribution < -0.4 is 4.74 Å². The van der Waals surface area contributed by atoms with Crippen LogP contribution in [-0.4, -0.2) is 45.3 Å². The summed E-state index contributed by atoms with van der Waals surface area (Å²) in [6, 6.07) is 13.9. The number of likely N-dealkylation sites (tertiary alicyclic amines) is 1. The van der Waals surface area contributed by atoms with Crippen molar-refractivity contribution in [3.05, 3.63) is 48.0 Å². The fraction of sp³-hybridized carbons (Fsp3) is 0.400. The maximum Gasteiger partial charge on any atom is 0.175 e. The molecular formula is C20H23NO3S. The highest BCUT2D eigenvalue weighted by atomic mass is 32.2. The van der Waals surface area contributed by atoms with Crippen molar-refractivity contribution in [2.24, 2.45) is 0 Å². The maximum atomic E-state index is 11.6. The monoisotopic (exact) mass is 357 g/mol. The molecule has 2 aliphatic heterocycles. The molecule has 0 spiro atoms. The van der Waals surface area contributed by atoms with Crippen molar-refractivity contribution in [2.45, 2.75) is 30.2 Å². The maximum absolute atomic E-state index is 11.6. The second-order valence-electron chi connectivity index (χ2n) is 7.03. The van der Waals surface area contributed by atoms with E-state index in [-0.39, 0.29) is 0 Å². The minimum absolute atomic E-state index is 0.346. The molecule has 2 aromatic carbocycles. The highest BCUT2D eigenvalue weighted by Gasteiger charge is 2.27. The van der Waals surface area contributed by atoms with Crippen molar-refractivity contribution in [1.82, 2.24) is 4.90 Å². The number of rotatable bonds is 3. The SMILES string of the molecule is CS(=O)(=O)c1ccc(-c2ccc3c(c2)OCC(N2CCCC2)C3)cc1. The number of hydrogen-bond acceptors (Lipinski definition) is 4. The number of fused-ring (bicyclic) bond motifs is 1. The summed E-state index contributed by atoms with van der Waals surface area (Å²) >= 11 is 0. The van der Waals surface area contributed by atoms with Crippen LogP contribution in [-0.2, 0) is 16.3 Å². The molecule has 0 bridgehead atoms. The zero-order valence-corrected chi connectivity index (χ0v) is 15.3. The van der Waals surface area contributed by atoms with E-state index in [2.05, 4.69) is 23.1 Å². The molecule has 1 unspecified atom stereocenters. The summed E-state index contributed by atoms with van der Waals surface area (Å²) in [7, 11) is -3.16. The molecule has 132 valence electrons. The summed E-state index contributed by atoms with van der Waals surface area (Å²) in [4.78, 5) is 2.89. The molecule has 2 aromatic rings. The van der Waals surface area contributed by atoms with Gasteiger partial charge in [0.05, 0.1) is 4.90 Å². The summed E-state index contributed by atoms with van der Waals surface area (Å²) < 4.78 is 29.2. The zero-order chi connectivity index (χ0) is 17.4. The lowest BCUT2D eigenvalue weighted by Gasteiger charge is -2.32. The van der Waals surface area contributed by atoms with Crippen LogP contribution in [0.3, 0.4) is 0 Å². The van der Waals surface area contributed by atoms with Crippen molar-refractivity contribution >= 4 is 9.84 Å². The molecule has 2 aliphatic rings. The zero-order valence-electron chi connectivity index (χ0n) is 14.4. The third-order valence-electron chi connectivity index (χ3n) is 5.23. The predicted molar refractivity (Wildman–Crippen MR) is 98.8 cm³/mol. The molecule has 0 aliphatic carbocycles. The summed E-state index contributed by atoms with van der Waals surface area (Å²) in [5.41, 5.74) is 3.32. The molecule has 0 saturated carbocycles. The van der Waals surface area contributed by atoms with Gasteiger partial charge in [0.15, 0.2) is 9.84 Å². The third-order valence-corrected chi connectivity index (χ3v) is 6.36. The van der Waals surface area contributed by atoms with Gasteiger partial charge in [-0.1, -0.05) is 24.3 Å². The van der Waals surface area contributed by atoms with Crippen molar-refractivity contribution in [3.63, 3.8) is 0 Å². The quantitative estimate of drug-likeness (QED) is 0.847. The first-order chi connectivity index (χ1) is 12.0. The minimum Gasteiger partial charge on any atom is -0.492 e. The van der Waals surface area contributed by atoms with Gasteiger partial charge in [0.1, 0.15) is 12.4 Å². The first kappa shape index (κ1) is 16.6. The van der Waals surface area contributed by atoms with Crippen LogP contribution in [0, 0.1) is 0 Å². The Morgan fingerprint density at radius 1 is 1.00 bits per heavy atom. The topological polar surface area (TPSA) is 46.6 Å². The average Bonchev–Trinajstić information content (AvgIpc) is 3.15. The van der Waals surface area contributed by atoms with Crippen LogP contribution >= 0.6 is 0 Å². The van der Waals surface area contributed by atoms with E-state index in [1.165, 1.54) is 37.8 Å². The van der Waals surface area contributed by atoms with Crippen molar-refractivity contribution in [1.29, 1.82) is 0 Å². The molecule has 0 N–H and O–H groups in total. The molecule has 0 aromatic heterocycles. The third kappa shape index (κ3) is 3.44. The van der Waals surface area contributed by atoms with Gasteiger partial charge in [-0.05, 0) is 67.2 Å². The molecule has 5 heteroatoms. The van der Waals surface area contributed by atoms with Gasteiger partial charge < -0.3 is 4.74 Å². The Morgan fingerprint density at radius 2 is 1.68 bits per heavy atom. The van der Waals surface area contributed by atoms with Crippen LogP contribution in [0.4, 0.5) is 0 Å².